The summed E-state index contributed by atoms with van der Waals surface area (Å²) in [5.41, 5.74) is 5.50. The second kappa shape index (κ2) is 5.73. The first kappa shape index (κ1) is 13.1. The maximum Gasteiger partial charge on any atom is 0.349 e. The minimum Gasteiger partial charge on any atom is -0.391 e. The topological polar surface area (TPSA) is 81.8 Å². The van der Waals surface area contributed by atoms with Crippen LogP contribution in [0.4, 0.5) is 0 Å². The van der Waals surface area contributed by atoms with E-state index in [1.807, 2.05) is 0 Å². The standard InChI is InChI=1S/C7H18NO4P/c1-4-11-13(10,12-5-2)7(8)6(3)9/h6-7,9H,4-5,8H2,1-3H3/t6-,7+/m1/s1. The first-order valence-electron chi connectivity index (χ1n) is 4.30. The fourth-order valence-electron chi connectivity index (χ4n) is 0.834. The van der Waals surface area contributed by atoms with Gasteiger partial charge in [-0.15, -0.1) is 0 Å². The molecule has 0 aromatic carbocycles. The van der Waals surface area contributed by atoms with Crippen LogP contribution in [0.15, 0.2) is 0 Å². The second-order valence-corrected chi connectivity index (χ2v) is 4.80. The van der Waals surface area contributed by atoms with Gasteiger partial charge in [0.1, 0.15) is 5.78 Å². The highest BCUT2D eigenvalue weighted by atomic mass is 31.2. The Labute approximate surface area is 78.8 Å². The fraction of sp³-hybridized carbons (Fsp3) is 1.00. The molecule has 0 aliphatic heterocycles. The van der Waals surface area contributed by atoms with Crippen molar-refractivity contribution in [3.63, 3.8) is 0 Å². The van der Waals surface area contributed by atoms with E-state index in [-0.39, 0.29) is 13.2 Å². The summed E-state index contributed by atoms with van der Waals surface area (Å²) in [6.07, 6.45) is -0.913. The molecular weight excluding hydrogens is 193 g/mol. The maximum absolute atomic E-state index is 11.8. The Morgan fingerprint density at radius 1 is 1.38 bits per heavy atom. The molecule has 6 heteroatoms. The van der Waals surface area contributed by atoms with Crippen LogP contribution in [-0.4, -0.2) is 30.2 Å². The van der Waals surface area contributed by atoms with Gasteiger partial charge >= 0.3 is 7.60 Å². The molecule has 0 unspecified atom stereocenters. The van der Waals surface area contributed by atoms with Crippen molar-refractivity contribution in [1.29, 1.82) is 0 Å². The van der Waals surface area contributed by atoms with Crippen LogP contribution in [0.5, 0.6) is 0 Å². The Kier molecular flexibility index (Phi) is 5.76. The summed E-state index contributed by atoms with van der Waals surface area (Å²) in [6.45, 7) is 5.34. The van der Waals surface area contributed by atoms with Gasteiger partial charge < -0.3 is 19.9 Å². The summed E-state index contributed by atoms with van der Waals surface area (Å²) in [7, 11) is -3.34. The molecule has 0 amide bonds. The third kappa shape index (κ3) is 3.75. The van der Waals surface area contributed by atoms with Crippen LogP contribution in [0.1, 0.15) is 20.8 Å². The Morgan fingerprint density at radius 2 is 1.77 bits per heavy atom. The van der Waals surface area contributed by atoms with E-state index in [4.69, 9.17) is 19.9 Å². The predicted octanol–water partition coefficient (Wildman–Crippen LogP) is 0.918. The molecule has 2 atom stereocenters. The summed E-state index contributed by atoms with van der Waals surface area (Å²) in [6, 6.07) is 0. The molecule has 0 aromatic rings. The maximum atomic E-state index is 11.8. The highest BCUT2D eigenvalue weighted by Gasteiger charge is 2.35. The number of rotatable bonds is 6. The van der Waals surface area contributed by atoms with E-state index in [2.05, 4.69) is 0 Å². The van der Waals surface area contributed by atoms with E-state index < -0.39 is 19.5 Å². The molecule has 0 rings (SSSR count). The van der Waals surface area contributed by atoms with Crippen molar-refractivity contribution in [1.82, 2.24) is 0 Å². The van der Waals surface area contributed by atoms with Gasteiger partial charge in [-0.1, -0.05) is 0 Å². The van der Waals surface area contributed by atoms with Crippen molar-refractivity contribution < 1.29 is 18.7 Å². The van der Waals surface area contributed by atoms with E-state index in [1.54, 1.807) is 13.8 Å². The summed E-state index contributed by atoms with van der Waals surface area (Å²) in [4.78, 5) is 0. The lowest BCUT2D eigenvalue weighted by molar-refractivity contribution is 0.152. The average Bonchev–Trinajstić information content (AvgIpc) is 2.03. The molecule has 3 N–H and O–H groups in total. The molecule has 0 fully saturated rings. The lowest BCUT2D eigenvalue weighted by Crippen LogP contribution is -2.33. The van der Waals surface area contributed by atoms with Gasteiger partial charge in [0.05, 0.1) is 19.3 Å². The lowest BCUT2D eigenvalue weighted by Gasteiger charge is -2.24. The molecule has 80 valence electrons. The third-order valence-electron chi connectivity index (χ3n) is 1.48. The molecule has 0 aliphatic rings. The SMILES string of the molecule is CCOP(=O)(OCC)[C@H](N)[C@@H](C)O. The normalized spacial score (nSPS) is 17.0. The van der Waals surface area contributed by atoms with Crippen molar-refractivity contribution >= 4 is 7.60 Å². The van der Waals surface area contributed by atoms with Crippen LogP contribution in [0, 0.1) is 0 Å². The molecule has 13 heavy (non-hydrogen) atoms. The van der Waals surface area contributed by atoms with Crippen molar-refractivity contribution in [2.75, 3.05) is 13.2 Å². The molecule has 0 spiro atoms. The van der Waals surface area contributed by atoms with Gasteiger partial charge in [0.25, 0.3) is 0 Å². The fourth-order valence-corrected chi connectivity index (χ4v) is 2.50. The number of aliphatic hydroxyl groups excluding tert-OH is 1. The molecule has 0 aromatic heterocycles. The minimum atomic E-state index is -3.34. The summed E-state index contributed by atoms with van der Waals surface area (Å²) in [5.74, 6) is -0.979. The number of nitrogens with two attached hydrogens (primary N) is 1. The van der Waals surface area contributed by atoms with E-state index in [9.17, 15) is 4.57 Å². The zero-order valence-electron chi connectivity index (χ0n) is 8.27. The molecule has 0 radical (unpaired) electrons. The molecular formula is C7H18NO4P. The quantitative estimate of drug-likeness (QED) is 0.638. The summed E-state index contributed by atoms with van der Waals surface area (Å²) in [5, 5.41) is 9.15. The zero-order valence-corrected chi connectivity index (χ0v) is 9.16. The second-order valence-electron chi connectivity index (χ2n) is 2.61. The monoisotopic (exact) mass is 211 g/mol. The number of hydrogen-bond acceptors (Lipinski definition) is 5. The Morgan fingerprint density at radius 3 is 2.00 bits per heavy atom. The molecule has 0 bridgehead atoms. The van der Waals surface area contributed by atoms with Crippen molar-refractivity contribution in [3.8, 4) is 0 Å². The molecule has 0 saturated carbocycles. The molecule has 0 saturated heterocycles. The Balaban J connectivity index is 4.47. The van der Waals surface area contributed by atoms with Crippen LogP contribution in [-0.2, 0) is 13.6 Å². The van der Waals surface area contributed by atoms with E-state index in [1.165, 1.54) is 6.92 Å². The van der Waals surface area contributed by atoms with E-state index in [0.717, 1.165) is 0 Å². The van der Waals surface area contributed by atoms with Crippen LogP contribution in [0.3, 0.4) is 0 Å². The van der Waals surface area contributed by atoms with Gasteiger partial charge in [-0.25, -0.2) is 0 Å². The van der Waals surface area contributed by atoms with Crippen molar-refractivity contribution in [3.05, 3.63) is 0 Å². The average molecular weight is 211 g/mol. The summed E-state index contributed by atoms with van der Waals surface area (Å²) >= 11 is 0. The molecule has 0 aliphatic carbocycles. The highest BCUT2D eigenvalue weighted by Crippen LogP contribution is 2.51. The van der Waals surface area contributed by atoms with Gasteiger partial charge in [-0.3, -0.25) is 4.57 Å². The lowest BCUT2D eigenvalue weighted by atomic mass is 10.4. The van der Waals surface area contributed by atoms with Gasteiger partial charge in [-0.05, 0) is 20.8 Å². The highest BCUT2D eigenvalue weighted by molar-refractivity contribution is 7.54. The predicted molar refractivity (Wildman–Crippen MR) is 50.5 cm³/mol. The number of hydrogen-bond donors (Lipinski definition) is 2. The van der Waals surface area contributed by atoms with Gasteiger partial charge in [-0.2, -0.15) is 0 Å². The van der Waals surface area contributed by atoms with Crippen molar-refractivity contribution in [2.45, 2.75) is 32.7 Å². The minimum absolute atomic E-state index is 0.248. The van der Waals surface area contributed by atoms with Gasteiger partial charge in [0.2, 0.25) is 0 Å². The molecule has 0 heterocycles. The van der Waals surface area contributed by atoms with Crippen molar-refractivity contribution in [2.24, 2.45) is 5.73 Å². The summed E-state index contributed by atoms with van der Waals surface area (Å²) < 4.78 is 21.7. The van der Waals surface area contributed by atoms with Crippen LogP contribution >= 0.6 is 7.60 Å². The van der Waals surface area contributed by atoms with Gasteiger partial charge in [0, 0.05) is 0 Å². The molecule has 5 nitrogen and oxygen atoms in total. The Hall–Kier alpha value is 0.0700. The van der Waals surface area contributed by atoms with Crippen LogP contribution in [0.25, 0.3) is 0 Å². The first-order chi connectivity index (χ1) is 5.98. The van der Waals surface area contributed by atoms with E-state index >= 15 is 0 Å². The largest absolute Gasteiger partial charge is 0.391 e. The number of aliphatic hydroxyl groups is 1. The smallest absolute Gasteiger partial charge is 0.349 e. The van der Waals surface area contributed by atoms with E-state index in [0.29, 0.717) is 0 Å². The van der Waals surface area contributed by atoms with Crippen LogP contribution in [0.2, 0.25) is 0 Å². The zero-order chi connectivity index (χ0) is 10.5. The first-order valence-corrected chi connectivity index (χ1v) is 5.91. The Bertz CT molecular complexity index is 175. The third-order valence-corrected chi connectivity index (χ3v) is 3.88. The van der Waals surface area contributed by atoms with Gasteiger partial charge in [0.15, 0.2) is 0 Å². The van der Waals surface area contributed by atoms with Crippen LogP contribution < -0.4 is 5.73 Å².